The predicted octanol–water partition coefficient (Wildman–Crippen LogP) is 1.48. The Labute approximate surface area is 113 Å². The zero-order valence-corrected chi connectivity index (χ0v) is 11.1. The van der Waals surface area contributed by atoms with Gasteiger partial charge < -0.3 is 4.90 Å². The Bertz CT molecular complexity index is 379. The molecule has 0 aliphatic heterocycles. The summed E-state index contributed by atoms with van der Waals surface area (Å²) in [6.07, 6.45) is 4.71. The van der Waals surface area contributed by atoms with Crippen LogP contribution in [-0.2, 0) is 4.79 Å². The number of rotatable bonds is 7. The number of carbonyl (C=O) groups is 3. The summed E-state index contributed by atoms with van der Waals surface area (Å²) in [5.41, 5.74) is 0. The van der Waals surface area contributed by atoms with Crippen LogP contribution < -0.4 is 0 Å². The maximum atomic E-state index is 12.1. The summed E-state index contributed by atoms with van der Waals surface area (Å²) in [6.45, 7) is 10.8. The molecule has 6 heteroatoms. The maximum Gasteiger partial charge on any atom is 0.335 e. The van der Waals surface area contributed by atoms with Crippen LogP contribution >= 0.6 is 0 Å². The standard InChI is InChI=1S/C13H19N3O3/c1-5-8-14(4)12(18)16(10-7-3)13(19)15(11-17)9-6-2/h5-7,11H,1-3,8-10H2,4H3. The van der Waals surface area contributed by atoms with E-state index in [2.05, 4.69) is 19.7 Å². The second-order valence-corrected chi connectivity index (χ2v) is 3.68. The fourth-order valence-corrected chi connectivity index (χ4v) is 1.31. The summed E-state index contributed by atoms with van der Waals surface area (Å²) >= 11 is 0. The number of imide groups is 2. The third kappa shape index (κ3) is 4.79. The number of carbonyl (C=O) groups excluding carboxylic acids is 3. The lowest BCUT2D eigenvalue weighted by Gasteiger charge is -2.27. The molecule has 104 valence electrons. The van der Waals surface area contributed by atoms with Gasteiger partial charge in [-0.3, -0.25) is 9.69 Å². The lowest BCUT2D eigenvalue weighted by atomic mass is 10.4. The van der Waals surface area contributed by atoms with E-state index < -0.39 is 12.1 Å². The van der Waals surface area contributed by atoms with Gasteiger partial charge in [0, 0.05) is 20.1 Å². The molecule has 0 rings (SSSR count). The van der Waals surface area contributed by atoms with Gasteiger partial charge in [-0.05, 0) is 0 Å². The predicted molar refractivity (Wildman–Crippen MR) is 73.5 cm³/mol. The molecule has 0 aliphatic rings. The molecule has 5 amide bonds. The van der Waals surface area contributed by atoms with Gasteiger partial charge in [0.15, 0.2) is 0 Å². The summed E-state index contributed by atoms with van der Waals surface area (Å²) in [6, 6.07) is -1.24. The van der Waals surface area contributed by atoms with Crippen molar-refractivity contribution >= 4 is 18.5 Å². The van der Waals surface area contributed by atoms with Gasteiger partial charge in [-0.2, -0.15) is 0 Å². The van der Waals surface area contributed by atoms with E-state index >= 15 is 0 Å². The van der Waals surface area contributed by atoms with Crippen molar-refractivity contribution in [3.05, 3.63) is 38.0 Å². The van der Waals surface area contributed by atoms with E-state index in [1.165, 1.54) is 30.2 Å². The summed E-state index contributed by atoms with van der Waals surface area (Å²) in [5, 5.41) is 0. The Balaban J connectivity index is 5.06. The van der Waals surface area contributed by atoms with Crippen LogP contribution in [0.4, 0.5) is 9.59 Å². The molecule has 0 saturated heterocycles. The minimum Gasteiger partial charge on any atom is -0.324 e. The van der Waals surface area contributed by atoms with Gasteiger partial charge >= 0.3 is 12.1 Å². The molecule has 0 aromatic heterocycles. The van der Waals surface area contributed by atoms with E-state index in [-0.39, 0.29) is 13.1 Å². The second kappa shape index (κ2) is 8.68. The van der Waals surface area contributed by atoms with Gasteiger partial charge in [0.05, 0.1) is 6.54 Å². The number of amides is 5. The van der Waals surface area contributed by atoms with Gasteiger partial charge in [-0.15, -0.1) is 19.7 Å². The first-order chi connectivity index (χ1) is 9.03. The highest BCUT2D eigenvalue weighted by atomic mass is 16.2. The Morgan fingerprint density at radius 2 is 1.47 bits per heavy atom. The van der Waals surface area contributed by atoms with Gasteiger partial charge in [0.2, 0.25) is 6.41 Å². The van der Waals surface area contributed by atoms with Crippen molar-refractivity contribution < 1.29 is 14.4 Å². The second-order valence-electron chi connectivity index (χ2n) is 3.68. The van der Waals surface area contributed by atoms with Crippen molar-refractivity contribution in [1.29, 1.82) is 0 Å². The molecule has 0 aromatic carbocycles. The lowest BCUT2D eigenvalue weighted by Crippen LogP contribution is -2.50. The molecule has 0 atom stereocenters. The van der Waals surface area contributed by atoms with Crippen molar-refractivity contribution in [2.24, 2.45) is 0 Å². The third-order valence-corrected chi connectivity index (χ3v) is 2.20. The van der Waals surface area contributed by atoms with E-state index in [1.807, 2.05) is 0 Å². The average molecular weight is 265 g/mol. The zero-order chi connectivity index (χ0) is 14.8. The van der Waals surface area contributed by atoms with Crippen LogP contribution in [-0.4, -0.2) is 59.9 Å². The van der Waals surface area contributed by atoms with Crippen LogP contribution in [0.5, 0.6) is 0 Å². The normalized spacial score (nSPS) is 9.11. The van der Waals surface area contributed by atoms with Crippen LogP contribution in [0.25, 0.3) is 0 Å². The molecule has 19 heavy (non-hydrogen) atoms. The van der Waals surface area contributed by atoms with Crippen LogP contribution in [0.15, 0.2) is 38.0 Å². The van der Waals surface area contributed by atoms with Gasteiger partial charge in [-0.1, -0.05) is 18.2 Å². The van der Waals surface area contributed by atoms with E-state index in [0.29, 0.717) is 13.0 Å². The maximum absolute atomic E-state index is 12.1. The lowest BCUT2D eigenvalue weighted by molar-refractivity contribution is -0.115. The quantitative estimate of drug-likeness (QED) is 0.517. The molecule has 0 heterocycles. The van der Waals surface area contributed by atoms with E-state index in [1.54, 1.807) is 0 Å². The van der Waals surface area contributed by atoms with E-state index in [0.717, 1.165) is 9.80 Å². The minimum absolute atomic E-state index is 0.0145. The van der Waals surface area contributed by atoms with Crippen molar-refractivity contribution in [2.75, 3.05) is 26.7 Å². The van der Waals surface area contributed by atoms with Crippen molar-refractivity contribution in [3.8, 4) is 0 Å². The van der Waals surface area contributed by atoms with E-state index in [9.17, 15) is 14.4 Å². The molecule has 0 saturated carbocycles. The van der Waals surface area contributed by atoms with Crippen LogP contribution in [0, 0.1) is 0 Å². The van der Waals surface area contributed by atoms with Gasteiger partial charge in [-0.25, -0.2) is 14.5 Å². The molecule has 0 spiro atoms. The Morgan fingerprint density at radius 3 is 1.89 bits per heavy atom. The third-order valence-electron chi connectivity index (χ3n) is 2.20. The largest absolute Gasteiger partial charge is 0.335 e. The molecular weight excluding hydrogens is 246 g/mol. The van der Waals surface area contributed by atoms with Crippen molar-refractivity contribution in [2.45, 2.75) is 0 Å². The number of urea groups is 2. The fourth-order valence-electron chi connectivity index (χ4n) is 1.31. The summed E-state index contributed by atoms with van der Waals surface area (Å²) in [7, 11) is 1.53. The number of likely N-dealkylation sites (N-methyl/N-ethyl adjacent to an activating group) is 1. The SMILES string of the molecule is C=CCN(C)C(=O)N(CC=C)C(=O)N(C=O)CC=C. The minimum atomic E-state index is -0.712. The molecule has 0 bridgehead atoms. The van der Waals surface area contributed by atoms with Crippen molar-refractivity contribution in [3.63, 3.8) is 0 Å². The molecule has 0 fully saturated rings. The molecule has 0 aromatic rings. The van der Waals surface area contributed by atoms with E-state index in [4.69, 9.17) is 0 Å². The fraction of sp³-hybridized carbons (Fsp3) is 0.308. The molecule has 0 N–H and O–H groups in total. The average Bonchev–Trinajstić information content (AvgIpc) is 2.41. The monoisotopic (exact) mass is 265 g/mol. The van der Waals surface area contributed by atoms with Crippen LogP contribution in [0.2, 0.25) is 0 Å². The Morgan fingerprint density at radius 1 is 0.947 bits per heavy atom. The first-order valence-electron chi connectivity index (χ1n) is 5.64. The molecular formula is C13H19N3O3. The summed E-state index contributed by atoms with van der Waals surface area (Å²) in [5.74, 6) is 0. The number of hydrogen-bond donors (Lipinski definition) is 0. The zero-order valence-electron chi connectivity index (χ0n) is 11.1. The van der Waals surface area contributed by atoms with Crippen LogP contribution in [0.1, 0.15) is 0 Å². The summed E-state index contributed by atoms with van der Waals surface area (Å²) < 4.78 is 0. The van der Waals surface area contributed by atoms with Gasteiger partial charge in [0.25, 0.3) is 0 Å². The smallest absolute Gasteiger partial charge is 0.324 e. The first-order valence-corrected chi connectivity index (χ1v) is 5.64. The highest BCUT2D eigenvalue weighted by Crippen LogP contribution is 2.03. The number of nitrogens with zero attached hydrogens (tertiary/aromatic N) is 3. The first kappa shape index (κ1) is 16.6. The molecule has 6 nitrogen and oxygen atoms in total. The van der Waals surface area contributed by atoms with Gasteiger partial charge in [0.1, 0.15) is 0 Å². The molecule has 0 radical (unpaired) electrons. The highest BCUT2D eigenvalue weighted by Gasteiger charge is 2.26. The molecule has 0 unspecified atom stereocenters. The topological polar surface area (TPSA) is 60.9 Å². The number of hydrogen-bond acceptors (Lipinski definition) is 3. The highest BCUT2D eigenvalue weighted by molar-refractivity contribution is 5.97. The Kier molecular flexibility index (Phi) is 7.60. The molecule has 0 aliphatic carbocycles. The Hall–Kier alpha value is -2.37. The summed E-state index contributed by atoms with van der Waals surface area (Å²) in [4.78, 5) is 38.0. The van der Waals surface area contributed by atoms with Crippen molar-refractivity contribution in [1.82, 2.24) is 14.7 Å². The van der Waals surface area contributed by atoms with Crippen LogP contribution in [0.3, 0.4) is 0 Å².